The van der Waals surface area contributed by atoms with Crippen LogP contribution in [0.25, 0.3) is 0 Å². The highest BCUT2D eigenvalue weighted by molar-refractivity contribution is 6.03. The number of rotatable bonds is 11. The van der Waals surface area contributed by atoms with Crippen LogP contribution in [0, 0.1) is 12.8 Å². The van der Waals surface area contributed by atoms with Gasteiger partial charge in [-0.1, -0.05) is 56.5 Å². The Bertz CT molecular complexity index is 911. The van der Waals surface area contributed by atoms with Crippen molar-refractivity contribution < 1.29 is 19.4 Å². The second-order valence-corrected chi connectivity index (χ2v) is 7.93. The first kappa shape index (κ1) is 25.7. The van der Waals surface area contributed by atoms with E-state index >= 15 is 0 Å². The van der Waals surface area contributed by atoms with Gasteiger partial charge < -0.3 is 20.5 Å². The third kappa shape index (κ3) is 10.1. The maximum absolute atomic E-state index is 12.3. The molecule has 8 heteroatoms. The molecular weight excluding hydrogens is 420 g/mol. The number of ether oxygens (including phenoxy) is 1. The van der Waals surface area contributed by atoms with E-state index in [2.05, 4.69) is 27.9 Å². The number of carbonyl (C=O) groups excluding carboxylic acids is 1. The first-order chi connectivity index (χ1) is 15.9. The number of hydrogen-bond acceptors (Lipinski definition) is 4. The van der Waals surface area contributed by atoms with Crippen molar-refractivity contribution >= 4 is 23.6 Å². The monoisotopic (exact) mass is 454 g/mol. The minimum Gasteiger partial charge on any atom is -0.494 e. The first-order valence-corrected chi connectivity index (χ1v) is 11.2. The molecule has 2 aromatic carbocycles. The zero-order valence-electron chi connectivity index (χ0n) is 19.6. The van der Waals surface area contributed by atoms with Gasteiger partial charge in [-0.05, 0) is 43.2 Å². The highest BCUT2D eigenvalue weighted by Gasteiger charge is 2.13. The fourth-order valence-electron chi connectivity index (χ4n) is 2.77. The van der Waals surface area contributed by atoms with Crippen LogP contribution >= 0.6 is 0 Å². The zero-order chi connectivity index (χ0) is 24.1. The minimum atomic E-state index is -0.973. The number of nitrogens with one attached hydrogen (secondary N) is 3. The standard InChI is InChI=1S/C25H34N4O4/c1-4-5-6-15-33-22-13-11-21(12-14-22)28-24(26-17-20-9-7-18(2)8-10-20)29-25(32)27-16-19(3)23(30)31/h7-14,19H,4-6,15-17H2,1-3H3,(H,30,31)(H3,26,27,28,29,32)/t19-/m0/s1. The summed E-state index contributed by atoms with van der Waals surface area (Å²) in [5.41, 5.74) is 2.89. The number of nitrogens with zero attached hydrogens (tertiary/aromatic N) is 1. The molecule has 0 spiro atoms. The van der Waals surface area contributed by atoms with Crippen LogP contribution in [0.3, 0.4) is 0 Å². The van der Waals surface area contributed by atoms with Gasteiger partial charge in [-0.15, -0.1) is 0 Å². The van der Waals surface area contributed by atoms with Crippen LogP contribution in [0.4, 0.5) is 10.5 Å². The highest BCUT2D eigenvalue weighted by atomic mass is 16.5. The molecular formula is C25H34N4O4. The molecule has 0 unspecified atom stereocenters. The Morgan fingerprint density at radius 2 is 1.76 bits per heavy atom. The molecule has 8 nitrogen and oxygen atoms in total. The van der Waals surface area contributed by atoms with Crippen LogP contribution in [-0.2, 0) is 11.3 Å². The fourth-order valence-corrected chi connectivity index (χ4v) is 2.77. The lowest BCUT2D eigenvalue weighted by atomic mass is 10.1. The Balaban J connectivity index is 2.03. The summed E-state index contributed by atoms with van der Waals surface area (Å²) in [5, 5.41) is 17.3. The van der Waals surface area contributed by atoms with E-state index < -0.39 is 17.9 Å². The predicted molar refractivity (Wildman–Crippen MR) is 131 cm³/mol. The van der Waals surface area contributed by atoms with Crippen molar-refractivity contribution in [2.24, 2.45) is 10.9 Å². The van der Waals surface area contributed by atoms with Gasteiger partial charge in [-0.3, -0.25) is 10.1 Å². The molecule has 0 aliphatic rings. The lowest BCUT2D eigenvalue weighted by Gasteiger charge is -2.14. The molecule has 2 aromatic rings. The molecule has 33 heavy (non-hydrogen) atoms. The van der Waals surface area contributed by atoms with Crippen LogP contribution in [0.1, 0.15) is 44.2 Å². The third-order valence-corrected chi connectivity index (χ3v) is 4.90. The molecule has 0 radical (unpaired) electrons. The van der Waals surface area contributed by atoms with Crippen LogP contribution in [0.15, 0.2) is 53.5 Å². The van der Waals surface area contributed by atoms with Gasteiger partial charge in [-0.25, -0.2) is 9.79 Å². The van der Waals surface area contributed by atoms with Gasteiger partial charge in [-0.2, -0.15) is 0 Å². The molecule has 2 rings (SSSR count). The topological polar surface area (TPSA) is 112 Å². The average molecular weight is 455 g/mol. The molecule has 0 aliphatic carbocycles. The van der Waals surface area contributed by atoms with E-state index in [9.17, 15) is 9.59 Å². The molecule has 0 aromatic heterocycles. The third-order valence-electron chi connectivity index (χ3n) is 4.90. The van der Waals surface area contributed by atoms with Crippen LogP contribution in [0.2, 0.25) is 0 Å². The summed E-state index contributed by atoms with van der Waals surface area (Å²) in [4.78, 5) is 27.8. The predicted octanol–water partition coefficient (Wildman–Crippen LogP) is 4.55. The van der Waals surface area contributed by atoms with E-state index in [1.807, 2.05) is 55.5 Å². The van der Waals surface area contributed by atoms with Gasteiger partial charge in [0, 0.05) is 12.2 Å². The lowest BCUT2D eigenvalue weighted by Crippen LogP contribution is -2.44. The van der Waals surface area contributed by atoms with Gasteiger partial charge in [0.25, 0.3) is 0 Å². The van der Waals surface area contributed by atoms with Gasteiger partial charge in [0.2, 0.25) is 5.96 Å². The number of benzene rings is 2. The summed E-state index contributed by atoms with van der Waals surface area (Å²) in [6.45, 7) is 6.75. The average Bonchev–Trinajstić information content (AvgIpc) is 2.80. The Labute approximate surface area is 195 Å². The van der Waals surface area contributed by atoms with E-state index in [0.717, 1.165) is 41.8 Å². The smallest absolute Gasteiger partial charge is 0.321 e. The van der Waals surface area contributed by atoms with Crippen molar-refractivity contribution in [3.63, 3.8) is 0 Å². The Kier molecular flexibility index (Phi) is 10.7. The van der Waals surface area contributed by atoms with Crippen LogP contribution < -0.4 is 20.7 Å². The highest BCUT2D eigenvalue weighted by Crippen LogP contribution is 2.16. The zero-order valence-corrected chi connectivity index (χ0v) is 19.6. The fraction of sp³-hybridized carbons (Fsp3) is 0.400. The lowest BCUT2D eigenvalue weighted by molar-refractivity contribution is -0.140. The van der Waals surface area contributed by atoms with Crippen LogP contribution in [0.5, 0.6) is 5.75 Å². The minimum absolute atomic E-state index is 0.0104. The largest absolute Gasteiger partial charge is 0.494 e. The molecule has 4 N–H and O–H groups in total. The van der Waals surface area contributed by atoms with E-state index in [4.69, 9.17) is 9.84 Å². The second kappa shape index (κ2) is 13.8. The Morgan fingerprint density at radius 1 is 1.06 bits per heavy atom. The molecule has 0 heterocycles. The summed E-state index contributed by atoms with van der Waals surface area (Å²) in [6, 6.07) is 14.9. The number of amides is 2. The maximum atomic E-state index is 12.3. The Morgan fingerprint density at radius 3 is 2.39 bits per heavy atom. The molecule has 2 amide bonds. The summed E-state index contributed by atoms with van der Waals surface area (Å²) in [6.07, 6.45) is 3.30. The maximum Gasteiger partial charge on any atom is 0.321 e. The van der Waals surface area contributed by atoms with E-state index in [1.54, 1.807) is 0 Å². The number of urea groups is 1. The number of carbonyl (C=O) groups is 2. The van der Waals surface area contributed by atoms with E-state index in [-0.39, 0.29) is 12.5 Å². The molecule has 0 saturated heterocycles. The summed E-state index contributed by atoms with van der Waals surface area (Å²) in [5.74, 6) is -0.629. The number of anilines is 1. The van der Waals surface area contributed by atoms with Gasteiger partial charge in [0.05, 0.1) is 19.1 Å². The quantitative estimate of drug-likeness (QED) is 0.226. The van der Waals surface area contributed by atoms with Crippen LogP contribution in [-0.4, -0.2) is 36.2 Å². The number of aliphatic imine (C=N–C) groups is 1. The summed E-state index contributed by atoms with van der Waals surface area (Å²) < 4.78 is 5.74. The molecule has 1 atom stereocenters. The van der Waals surface area contributed by atoms with Crippen molar-refractivity contribution in [3.05, 3.63) is 59.7 Å². The SMILES string of the molecule is CCCCCOc1ccc(NC(=NCc2ccc(C)cc2)NC(=O)NC[C@H](C)C(=O)O)cc1. The number of hydrogen-bond donors (Lipinski definition) is 4. The summed E-state index contributed by atoms with van der Waals surface area (Å²) >= 11 is 0. The van der Waals surface area contributed by atoms with Gasteiger partial charge >= 0.3 is 12.0 Å². The van der Waals surface area contributed by atoms with E-state index in [0.29, 0.717) is 13.2 Å². The molecule has 0 bridgehead atoms. The van der Waals surface area contributed by atoms with Gasteiger partial charge in [0.15, 0.2) is 0 Å². The Hall–Kier alpha value is -3.55. The number of unbranched alkanes of at least 4 members (excludes halogenated alkanes) is 2. The number of carboxylic acid groups (broad SMARTS) is 1. The number of aliphatic carboxylic acids is 1. The summed E-state index contributed by atoms with van der Waals surface area (Å²) in [7, 11) is 0. The van der Waals surface area contributed by atoms with Crippen molar-refractivity contribution in [1.82, 2.24) is 10.6 Å². The second-order valence-electron chi connectivity index (χ2n) is 7.93. The molecule has 0 fully saturated rings. The van der Waals surface area contributed by atoms with Crippen molar-refractivity contribution in [2.75, 3.05) is 18.5 Å². The molecule has 178 valence electrons. The number of aryl methyl sites for hydroxylation is 1. The normalized spacial score (nSPS) is 12.0. The molecule has 0 aliphatic heterocycles. The number of guanidine groups is 1. The molecule has 0 saturated carbocycles. The van der Waals surface area contributed by atoms with Crippen molar-refractivity contribution in [2.45, 2.75) is 46.6 Å². The van der Waals surface area contributed by atoms with E-state index in [1.165, 1.54) is 6.92 Å². The van der Waals surface area contributed by atoms with Gasteiger partial charge in [0.1, 0.15) is 5.75 Å². The first-order valence-electron chi connectivity index (χ1n) is 11.2. The van der Waals surface area contributed by atoms with Crippen molar-refractivity contribution in [3.8, 4) is 5.75 Å². The van der Waals surface area contributed by atoms with Crippen molar-refractivity contribution in [1.29, 1.82) is 0 Å². The number of carboxylic acids is 1.